The summed E-state index contributed by atoms with van der Waals surface area (Å²) in [6.45, 7) is 4.00. The van der Waals surface area contributed by atoms with Crippen molar-refractivity contribution in [3.63, 3.8) is 0 Å². The summed E-state index contributed by atoms with van der Waals surface area (Å²) in [4.78, 5) is 4.64. The van der Waals surface area contributed by atoms with Gasteiger partial charge in [-0.15, -0.1) is 11.8 Å². The minimum atomic E-state index is -3.67. The van der Waals surface area contributed by atoms with Crippen LogP contribution in [-0.4, -0.2) is 28.3 Å². The molecule has 0 aliphatic heterocycles. The molecule has 0 radical (unpaired) electrons. The van der Waals surface area contributed by atoms with Gasteiger partial charge in [-0.3, -0.25) is 0 Å². The summed E-state index contributed by atoms with van der Waals surface area (Å²) in [6, 6.07) is 10.1. The summed E-state index contributed by atoms with van der Waals surface area (Å²) in [7, 11) is -3.67. The number of hydrogen-bond acceptors (Lipinski definition) is 5. The van der Waals surface area contributed by atoms with Crippen LogP contribution in [0.2, 0.25) is 0 Å². The average molecular weight is 333 g/mol. The van der Waals surface area contributed by atoms with E-state index in [2.05, 4.69) is 10.1 Å². The maximum Gasteiger partial charge on any atom is 0.213 e. The van der Waals surface area contributed by atoms with Crippen LogP contribution in [0.5, 0.6) is 0 Å². The minimum absolute atomic E-state index is 0.179. The lowest BCUT2D eigenvalue weighted by molar-refractivity contribution is 0.594. The van der Waals surface area contributed by atoms with Crippen LogP contribution in [0.1, 0.15) is 13.8 Å². The normalized spacial score (nSPS) is 12.1. The summed E-state index contributed by atoms with van der Waals surface area (Å²) < 4.78 is 27.5. The van der Waals surface area contributed by atoms with E-state index in [0.717, 1.165) is 0 Å². The van der Waals surface area contributed by atoms with E-state index in [-0.39, 0.29) is 15.0 Å². The van der Waals surface area contributed by atoms with E-state index >= 15 is 0 Å². The van der Waals surface area contributed by atoms with Crippen molar-refractivity contribution in [3.8, 4) is 0 Å². The minimum Gasteiger partial charge on any atom is -0.236 e. The molecular weight excluding hydrogens is 318 g/mol. The number of benzene rings is 1. The molecule has 0 unspecified atom stereocenters. The Hall–Kier alpha value is -1.86. The predicted molar refractivity (Wildman–Crippen MR) is 85.9 cm³/mol. The van der Waals surface area contributed by atoms with Crippen molar-refractivity contribution >= 4 is 27.2 Å². The monoisotopic (exact) mass is 333 g/mol. The number of nitrogens with zero attached hydrogens (tertiary/aromatic N) is 3. The topological polar surface area (TPSA) is 64.3 Å². The first-order valence-electron chi connectivity index (χ1n) is 6.80. The van der Waals surface area contributed by atoms with E-state index in [1.54, 1.807) is 48.8 Å². The van der Waals surface area contributed by atoms with Crippen LogP contribution in [0.15, 0.2) is 63.6 Å². The standard InChI is InChI=1S/C15H15N3O2S2/c1-11(2)21-15-13(14-16-9-6-10-18(14)17-15)22(19,20)12-7-4-3-5-8-12/h3-11H,1-2H3. The van der Waals surface area contributed by atoms with Crippen molar-refractivity contribution in [2.75, 3.05) is 0 Å². The van der Waals surface area contributed by atoms with Gasteiger partial charge in [0.2, 0.25) is 9.84 Å². The smallest absolute Gasteiger partial charge is 0.213 e. The number of hydrogen-bond donors (Lipinski definition) is 0. The van der Waals surface area contributed by atoms with Crippen molar-refractivity contribution in [1.82, 2.24) is 14.6 Å². The van der Waals surface area contributed by atoms with E-state index in [9.17, 15) is 8.42 Å². The Morgan fingerprint density at radius 3 is 2.55 bits per heavy atom. The van der Waals surface area contributed by atoms with Gasteiger partial charge in [-0.2, -0.15) is 5.10 Å². The van der Waals surface area contributed by atoms with Crippen molar-refractivity contribution in [3.05, 3.63) is 48.8 Å². The highest BCUT2D eigenvalue weighted by molar-refractivity contribution is 8.00. The molecule has 0 spiro atoms. The van der Waals surface area contributed by atoms with Gasteiger partial charge in [0.1, 0.15) is 5.03 Å². The van der Waals surface area contributed by atoms with Gasteiger partial charge in [0.05, 0.1) is 4.90 Å². The first-order chi connectivity index (χ1) is 10.5. The van der Waals surface area contributed by atoms with E-state index in [1.165, 1.54) is 16.3 Å². The summed E-state index contributed by atoms with van der Waals surface area (Å²) in [5.41, 5.74) is 0.356. The molecule has 0 bridgehead atoms. The largest absolute Gasteiger partial charge is 0.236 e. The molecule has 0 saturated heterocycles. The molecule has 3 aromatic rings. The van der Waals surface area contributed by atoms with Crippen LogP contribution in [0.25, 0.3) is 5.65 Å². The fourth-order valence-electron chi connectivity index (χ4n) is 2.10. The Bertz CT molecular complexity index is 903. The van der Waals surface area contributed by atoms with Crippen LogP contribution in [0.4, 0.5) is 0 Å². The second-order valence-electron chi connectivity index (χ2n) is 5.01. The molecule has 1 aromatic carbocycles. The molecule has 0 N–H and O–H groups in total. The molecule has 114 valence electrons. The second kappa shape index (κ2) is 5.73. The third kappa shape index (κ3) is 2.62. The zero-order valence-corrected chi connectivity index (χ0v) is 13.8. The van der Waals surface area contributed by atoms with Gasteiger partial charge < -0.3 is 0 Å². The van der Waals surface area contributed by atoms with Crippen LogP contribution >= 0.6 is 11.8 Å². The van der Waals surface area contributed by atoms with Crippen LogP contribution in [0, 0.1) is 0 Å². The van der Waals surface area contributed by atoms with E-state index in [0.29, 0.717) is 10.7 Å². The Kier molecular flexibility index (Phi) is 3.92. The maximum absolute atomic E-state index is 13.0. The van der Waals surface area contributed by atoms with Crippen LogP contribution < -0.4 is 0 Å². The molecule has 22 heavy (non-hydrogen) atoms. The highest BCUT2D eigenvalue weighted by atomic mass is 32.2. The molecule has 0 atom stereocenters. The number of fused-ring (bicyclic) bond motifs is 1. The number of thioether (sulfide) groups is 1. The van der Waals surface area contributed by atoms with Gasteiger partial charge in [-0.1, -0.05) is 32.0 Å². The fourth-order valence-corrected chi connectivity index (χ4v) is 4.76. The molecule has 7 heteroatoms. The van der Waals surface area contributed by atoms with Crippen LogP contribution in [-0.2, 0) is 9.84 Å². The molecule has 0 aliphatic carbocycles. The Morgan fingerprint density at radius 2 is 1.86 bits per heavy atom. The molecular formula is C15H15N3O2S2. The number of sulfone groups is 1. The lowest BCUT2D eigenvalue weighted by Gasteiger charge is -2.06. The molecule has 3 rings (SSSR count). The molecule has 5 nitrogen and oxygen atoms in total. The molecule has 0 amide bonds. The molecule has 0 saturated carbocycles. The van der Waals surface area contributed by atoms with Crippen molar-refractivity contribution in [1.29, 1.82) is 0 Å². The maximum atomic E-state index is 13.0. The van der Waals surface area contributed by atoms with Gasteiger partial charge in [0.15, 0.2) is 10.5 Å². The summed E-state index contributed by atoms with van der Waals surface area (Å²) >= 11 is 1.42. The molecule has 2 aromatic heterocycles. The Labute approximate surface area is 133 Å². The Balaban J connectivity index is 2.29. The summed E-state index contributed by atoms with van der Waals surface area (Å²) in [6.07, 6.45) is 3.28. The van der Waals surface area contributed by atoms with Gasteiger partial charge in [-0.25, -0.2) is 17.9 Å². The average Bonchev–Trinajstić information content (AvgIpc) is 2.85. The molecule has 0 fully saturated rings. The van der Waals surface area contributed by atoms with Gasteiger partial charge >= 0.3 is 0 Å². The third-order valence-electron chi connectivity index (χ3n) is 2.99. The first kappa shape index (κ1) is 15.1. The summed E-state index contributed by atoms with van der Waals surface area (Å²) in [5, 5.41) is 5.08. The van der Waals surface area contributed by atoms with Crippen molar-refractivity contribution in [2.45, 2.75) is 33.9 Å². The highest BCUT2D eigenvalue weighted by Gasteiger charge is 2.28. The van der Waals surface area contributed by atoms with E-state index in [4.69, 9.17) is 0 Å². The molecule has 0 aliphatic rings. The van der Waals surface area contributed by atoms with Crippen molar-refractivity contribution < 1.29 is 8.42 Å². The van der Waals surface area contributed by atoms with Gasteiger partial charge in [0.25, 0.3) is 0 Å². The van der Waals surface area contributed by atoms with Gasteiger partial charge in [0, 0.05) is 17.6 Å². The third-order valence-corrected chi connectivity index (χ3v) is 5.91. The zero-order chi connectivity index (χ0) is 15.7. The fraction of sp³-hybridized carbons (Fsp3) is 0.200. The summed E-state index contributed by atoms with van der Waals surface area (Å²) in [5.74, 6) is 0. The predicted octanol–water partition coefficient (Wildman–Crippen LogP) is 3.06. The lowest BCUT2D eigenvalue weighted by atomic mass is 10.4. The quantitative estimate of drug-likeness (QED) is 0.687. The number of aromatic nitrogens is 3. The lowest BCUT2D eigenvalue weighted by Crippen LogP contribution is -2.04. The molecule has 2 heterocycles. The van der Waals surface area contributed by atoms with Crippen molar-refractivity contribution in [2.24, 2.45) is 0 Å². The van der Waals surface area contributed by atoms with Crippen LogP contribution in [0.3, 0.4) is 0 Å². The number of rotatable bonds is 4. The Morgan fingerprint density at radius 1 is 1.14 bits per heavy atom. The second-order valence-corrected chi connectivity index (χ2v) is 8.46. The highest BCUT2D eigenvalue weighted by Crippen LogP contribution is 2.34. The van der Waals surface area contributed by atoms with E-state index in [1.807, 2.05) is 13.8 Å². The van der Waals surface area contributed by atoms with Gasteiger partial charge in [-0.05, 0) is 18.2 Å². The SMILES string of the molecule is CC(C)Sc1nn2cccnc2c1S(=O)(=O)c1ccccc1. The first-order valence-corrected chi connectivity index (χ1v) is 9.16. The van der Waals surface area contributed by atoms with E-state index < -0.39 is 9.84 Å². The zero-order valence-electron chi connectivity index (χ0n) is 12.2.